The van der Waals surface area contributed by atoms with E-state index in [-0.39, 0.29) is 36.3 Å². The Kier molecular flexibility index (Phi) is 7.64. The normalized spacial score (nSPS) is 12.0. The van der Waals surface area contributed by atoms with Gasteiger partial charge in [0.25, 0.3) is 5.91 Å². The SMILES string of the molecule is COc1cc(/C=C/C(=O)Nc2ccccc2C(=O)NCc2ccc3c(c2)OCO3)ccc1OC(F)F. The lowest BCUT2D eigenvalue weighted by molar-refractivity contribution is -0.111. The second kappa shape index (κ2) is 11.2. The summed E-state index contributed by atoms with van der Waals surface area (Å²) in [5.74, 6) is 0.402. The molecule has 2 amide bonds. The number of nitrogens with one attached hydrogen (secondary N) is 2. The Hall–Kier alpha value is -4.60. The lowest BCUT2D eigenvalue weighted by atomic mass is 10.1. The molecule has 1 aliphatic heterocycles. The van der Waals surface area contributed by atoms with Gasteiger partial charge in [-0.25, -0.2) is 0 Å². The van der Waals surface area contributed by atoms with Crippen molar-refractivity contribution in [1.29, 1.82) is 0 Å². The van der Waals surface area contributed by atoms with Gasteiger partial charge in [-0.1, -0.05) is 24.3 Å². The van der Waals surface area contributed by atoms with Crippen molar-refractivity contribution in [3.05, 3.63) is 83.4 Å². The molecule has 0 aromatic heterocycles. The van der Waals surface area contributed by atoms with Gasteiger partial charge in [0.2, 0.25) is 12.7 Å². The molecule has 186 valence electrons. The molecule has 8 nitrogen and oxygen atoms in total. The second-order valence-corrected chi connectivity index (χ2v) is 7.53. The number of carbonyl (C=O) groups is 2. The fraction of sp³-hybridized carbons (Fsp3) is 0.154. The molecule has 1 aliphatic rings. The quantitative estimate of drug-likeness (QED) is 0.421. The third-order valence-corrected chi connectivity index (χ3v) is 5.15. The number of alkyl halides is 2. The van der Waals surface area contributed by atoms with Gasteiger partial charge in [0, 0.05) is 12.6 Å². The van der Waals surface area contributed by atoms with Crippen LogP contribution in [-0.2, 0) is 11.3 Å². The molecule has 0 atom stereocenters. The fourth-order valence-corrected chi connectivity index (χ4v) is 3.45. The summed E-state index contributed by atoms with van der Waals surface area (Å²) in [5.41, 5.74) is 1.97. The van der Waals surface area contributed by atoms with E-state index >= 15 is 0 Å². The summed E-state index contributed by atoms with van der Waals surface area (Å²) in [7, 11) is 1.32. The number of hydrogen-bond acceptors (Lipinski definition) is 6. The molecule has 4 rings (SSSR count). The molecular weight excluding hydrogens is 474 g/mol. The number of amides is 2. The van der Waals surface area contributed by atoms with Gasteiger partial charge in [0.1, 0.15) is 0 Å². The van der Waals surface area contributed by atoms with E-state index in [1.807, 2.05) is 6.07 Å². The predicted octanol–water partition coefficient (Wildman–Crippen LogP) is 4.61. The molecule has 0 fully saturated rings. The Morgan fingerprint density at radius 2 is 1.83 bits per heavy atom. The summed E-state index contributed by atoms with van der Waals surface area (Å²) >= 11 is 0. The molecule has 0 aliphatic carbocycles. The highest BCUT2D eigenvalue weighted by Gasteiger charge is 2.15. The maximum atomic E-state index is 12.8. The van der Waals surface area contributed by atoms with E-state index in [0.29, 0.717) is 22.7 Å². The third kappa shape index (κ3) is 6.09. The first-order valence-corrected chi connectivity index (χ1v) is 10.8. The standard InChI is InChI=1S/C26H22F2N2O6/c1-33-22-12-16(6-10-21(22)36-26(27)28)8-11-24(31)30-19-5-3-2-4-18(19)25(32)29-14-17-7-9-20-23(13-17)35-15-34-20/h2-13,26H,14-15H2,1H3,(H,29,32)(H,30,31)/b11-8+. The molecule has 0 saturated heterocycles. The van der Waals surface area contributed by atoms with Gasteiger partial charge < -0.3 is 29.6 Å². The summed E-state index contributed by atoms with van der Waals surface area (Å²) in [6, 6.07) is 16.3. The van der Waals surface area contributed by atoms with Gasteiger partial charge in [-0.05, 0) is 53.6 Å². The Balaban J connectivity index is 1.39. The second-order valence-electron chi connectivity index (χ2n) is 7.53. The van der Waals surface area contributed by atoms with Crippen LogP contribution in [0.5, 0.6) is 23.0 Å². The third-order valence-electron chi connectivity index (χ3n) is 5.15. The number of methoxy groups -OCH3 is 1. The molecule has 0 radical (unpaired) electrons. The molecule has 2 N–H and O–H groups in total. The van der Waals surface area contributed by atoms with Crippen LogP contribution in [0.15, 0.2) is 66.7 Å². The Labute approximate surface area is 205 Å². The number of hydrogen-bond donors (Lipinski definition) is 2. The van der Waals surface area contributed by atoms with E-state index in [0.717, 1.165) is 5.56 Å². The largest absolute Gasteiger partial charge is 0.493 e. The van der Waals surface area contributed by atoms with Gasteiger partial charge in [0.05, 0.1) is 18.4 Å². The van der Waals surface area contributed by atoms with Crippen LogP contribution in [0.25, 0.3) is 6.08 Å². The first-order chi connectivity index (χ1) is 17.4. The topological polar surface area (TPSA) is 95.1 Å². The van der Waals surface area contributed by atoms with E-state index < -0.39 is 12.5 Å². The summed E-state index contributed by atoms with van der Waals surface area (Å²) in [6.07, 6.45) is 2.73. The van der Waals surface area contributed by atoms with Crippen LogP contribution in [0.1, 0.15) is 21.5 Å². The molecule has 10 heteroatoms. The van der Waals surface area contributed by atoms with Crippen molar-refractivity contribution in [2.75, 3.05) is 19.2 Å². The van der Waals surface area contributed by atoms with Crippen LogP contribution in [0.4, 0.5) is 14.5 Å². The van der Waals surface area contributed by atoms with E-state index in [4.69, 9.17) is 14.2 Å². The average molecular weight is 496 g/mol. The zero-order valence-electron chi connectivity index (χ0n) is 19.1. The lowest BCUT2D eigenvalue weighted by Crippen LogP contribution is -2.24. The predicted molar refractivity (Wildman–Crippen MR) is 127 cm³/mol. The molecule has 36 heavy (non-hydrogen) atoms. The maximum Gasteiger partial charge on any atom is 0.387 e. The molecule has 0 saturated carbocycles. The zero-order chi connectivity index (χ0) is 25.5. The molecule has 3 aromatic rings. The summed E-state index contributed by atoms with van der Waals surface area (Å²) in [5, 5.41) is 5.51. The van der Waals surface area contributed by atoms with Crippen molar-refractivity contribution in [3.63, 3.8) is 0 Å². The van der Waals surface area contributed by atoms with Gasteiger partial charge >= 0.3 is 6.61 Å². The smallest absolute Gasteiger partial charge is 0.387 e. The number of fused-ring (bicyclic) bond motifs is 1. The van der Waals surface area contributed by atoms with Crippen LogP contribution in [0.2, 0.25) is 0 Å². The Morgan fingerprint density at radius 1 is 1.03 bits per heavy atom. The summed E-state index contributed by atoms with van der Waals surface area (Å²) in [4.78, 5) is 25.3. The lowest BCUT2D eigenvalue weighted by Gasteiger charge is -2.11. The van der Waals surface area contributed by atoms with Crippen molar-refractivity contribution in [3.8, 4) is 23.0 Å². The van der Waals surface area contributed by atoms with E-state index in [9.17, 15) is 18.4 Å². The van der Waals surface area contributed by atoms with Crippen LogP contribution < -0.4 is 29.6 Å². The fourth-order valence-electron chi connectivity index (χ4n) is 3.45. The molecule has 0 spiro atoms. The molecule has 0 unspecified atom stereocenters. The summed E-state index contributed by atoms with van der Waals surface area (Å²) < 4.78 is 45.1. The van der Waals surface area contributed by atoms with Crippen molar-refractivity contribution in [2.45, 2.75) is 13.2 Å². The van der Waals surface area contributed by atoms with Gasteiger partial charge in [0.15, 0.2) is 23.0 Å². The van der Waals surface area contributed by atoms with Crippen LogP contribution in [-0.4, -0.2) is 32.3 Å². The molecular formula is C26H22F2N2O6. The molecule has 1 heterocycles. The monoisotopic (exact) mass is 496 g/mol. The summed E-state index contributed by atoms with van der Waals surface area (Å²) in [6.45, 7) is -2.57. The number of carbonyl (C=O) groups excluding carboxylic acids is 2. The van der Waals surface area contributed by atoms with Gasteiger partial charge in [-0.2, -0.15) is 8.78 Å². The first kappa shape index (κ1) is 24.5. The molecule has 0 bridgehead atoms. The van der Waals surface area contributed by atoms with Crippen molar-refractivity contribution >= 4 is 23.6 Å². The molecule has 3 aromatic carbocycles. The highest BCUT2D eigenvalue weighted by atomic mass is 19.3. The average Bonchev–Trinajstić information content (AvgIpc) is 3.34. The van der Waals surface area contributed by atoms with Crippen LogP contribution in [0.3, 0.4) is 0 Å². The van der Waals surface area contributed by atoms with Crippen molar-refractivity contribution in [1.82, 2.24) is 5.32 Å². The minimum atomic E-state index is -2.99. The number of para-hydroxylation sites is 1. The van der Waals surface area contributed by atoms with E-state index in [1.165, 1.54) is 37.5 Å². The van der Waals surface area contributed by atoms with E-state index in [2.05, 4.69) is 15.4 Å². The zero-order valence-corrected chi connectivity index (χ0v) is 19.1. The number of halogens is 2. The number of ether oxygens (including phenoxy) is 4. The minimum Gasteiger partial charge on any atom is -0.493 e. The van der Waals surface area contributed by atoms with Crippen molar-refractivity contribution in [2.24, 2.45) is 0 Å². The maximum absolute atomic E-state index is 12.8. The first-order valence-electron chi connectivity index (χ1n) is 10.8. The van der Waals surface area contributed by atoms with Gasteiger partial charge in [-0.15, -0.1) is 0 Å². The highest BCUT2D eigenvalue weighted by molar-refractivity contribution is 6.07. The highest BCUT2D eigenvalue weighted by Crippen LogP contribution is 2.32. The number of anilines is 1. The number of benzene rings is 3. The number of rotatable bonds is 9. The van der Waals surface area contributed by atoms with Crippen LogP contribution in [0, 0.1) is 0 Å². The van der Waals surface area contributed by atoms with E-state index in [1.54, 1.807) is 36.4 Å². The van der Waals surface area contributed by atoms with Crippen molar-refractivity contribution < 1.29 is 37.3 Å². The van der Waals surface area contributed by atoms with Gasteiger partial charge in [-0.3, -0.25) is 9.59 Å². The minimum absolute atomic E-state index is 0.0994. The Bertz CT molecular complexity index is 1300. The van der Waals surface area contributed by atoms with Crippen LogP contribution >= 0.6 is 0 Å². The Morgan fingerprint density at radius 3 is 2.64 bits per heavy atom.